The van der Waals surface area contributed by atoms with Crippen molar-refractivity contribution in [1.82, 2.24) is 0 Å². The molecule has 0 aliphatic carbocycles. The summed E-state index contributed by atoms with van der Waals surface area (Å²) in [6.07, 6.45) is 0.790. The molecule has 0 amide bonds. The van der Waals surface area contributed by atoms with E-state index in [1.165, 1.54) is 0 Å². The molecule has 2 aromatic rings. The number of ether oxygens (including phenoxy) is 2. The summed E-state index contributed by atoms with van der Waals surface area (Å²) in [5.74, 6) is 0.309. The van der Waals surface area contributed by atoms with Gasteiger partial charge in [-0.25, -0.2) is 4.79 Å². The van der Waals surface area contributed by atoms with Crippen LogP contribution in [0.4, 0.5) is 0 Å². The van der Waals surface area contributed by atoms with Crippen molar-refractivity contribution in [2.45, 2.75) is 6.92 Å². The van der Waals surface area contributed by atoms with Crippen LogP contribution in [0, 0.1) is 6.92 Å². The first kappa shape index (κ1) is 14.8. The number of carbonyl (C=O) groups excluding carboxylic acids is 2. The third-order valence-electron chi connectivity index (χ3n) is 2.92. The lowest BCUT2D eigenvalue weighted by Gasteiger charge is -2.10. The van der Waals surface area contributed by atoms with Crippen LogP contribution in [0.1, 0.15) is 26.3 Å². The number of aldehydes is 1. The van der Waals surface area contributed by atoms with Crippen LogP contribution in [0.3, 0.4) is 0 Å². The molecule has 0 saturated heterocycles. The van der Waals surface area contributed by atoms with E-state index in [0.717, 1.165) is 11.8 Å². The Hall–Kier alpha value is -2.62. The Morgan fingerprint density at radius 2 is 1.86 bits per heavy atom. The number of esters is 1. The number of hydrogen-bond acceptors (Lipinski definition) is 4. The van der Waals surface area contributed by atoms with Crippen molar-refractivity contribution in [2.24, 2.45) is 0 Å². The zero-order chi connectivity index (χ0) is 15.1. The molecule has 2 aromatic carbocycles. The second-order valence-corrected chi connectivity index (χ2v) is 4.49. The monoisotopic (exact) mass is 284 g/mol. The first-order valence-corrected chi connectivity index (χ1v) is 6.61. The van der Waals surface area contributed by atoms with Crippen molar-refractivity contribution in [3.8, 4) is 5.75 Å². The Morgan fingerprint density at radius 1 is 1.10 bits per heavy atom. The maximum absolute atomic E-state index is 11.7. The molecule has 2 rings (SSSR count). The molecule has 0 aromatic heterocycles. The Kier molecular flexibility index (Phi) is 5.10. The molecule has 108 valence electrons. The van der Waals surface area contributed by atoms with Gasteiger partial charge in [0.2, 0.25) is 0 Å². The molecule has 0 aliphatic rings. The number of hydrogen-bond donors (Lipinski definition) is 0. The fourth-order valence-electron chi connectivity index (χ4n) is 1.85. The second kappa shape index (κ2) is 7.24. The van der Waals surface area contributed by atoms with Crippen molar-refractivity contribution in [2.75, 3.05) is 13.2 Å². The van der Waals surface area contributed by atoms with Crippen LogP contribution in [0.2, 0.25) is 0 Å². The topological polar surface area (TPSA) is 52.6 Å². The van der Waals surface area contributed by atoms with E-state index in [-0.39, 0.29) is 19.2 Å². The molecule has 0 radical (unpaired) electrons. The van der Waals surface area contributed by atoms with Gasteiger partial charge in [0.1, 0.15) is 25.2 Å². The highest BCUT2D eigenvalue weighted by atomic mass is 16.6. The highest BCUT2D eigenvalue weighted by Gasteiger charge is 2.06. The lowest BCUT2D eigenvalue weighted by molar-refractivity contribution is 0.0450. The zero-order valence-electron chi connectivity index (χ0n) is 11.7. The van der Waals surface area contributed by atoms with Crippen LogP contribution < -0.4 is 4.74 Å². The maximum atomic E-state index is 11.7. The van der Waals surface area contributed by atoms with E-state index in [1.807, 2.05) is 13.0 Å². The van der Waals surface area contributed by atoms with Gasteiger partial charge in [-0.15, -0.1) is 0 Å². The van der Waals surface area contributed by atoms with E-state index in [1.54, 1.807) is 42.5 Å². The third-order valence-corrected chi connectivity index (χ3v) is 2.92. The van der Waals surface area contributed by atoms with Crippen LogP contribution in [0.5, 0.6) is 5.75 Å². The molecule has 0 fully saturated rings. The molecular weight excluding hydrogens is 268 g/mol. The molecule has 0 N–H and O–H groups in total. The number of benzene rings is 2. The number of carbonyl (C=O) groups is 2. The standard InChI is InChI=1S/C17H16O4/c1-13-11-14(12-18)7-8-16(13)20-9-10-21-17(19)15-5-3-2-4-6-15/h2-8,11-12H,9-10H2,1H3. The van der Waals surface area contributed by atoms with Gasteiger partial charge >= 0.3 is 5.97 Å². The highest BCUT2D eigenvalue weighted by Crippen LogP contribution is 2.18. The predicted molar refractivity (Wildman–Crippen MR) is 78.8 cm³/mol. The van der Waals surface area contributed by atoms with Crippen molar-refractivity contribution in [3.05, 3.63) is 65.2 Å². The minimum absolute atomic E-state index is 0.169. The minimum Gasteiger partial charge on any atom is -0.490 e. The summed E-state index contributed by atoms with van der Waals surface area (Å²) in [5.41, 5.74) is 1.99. The fraction of sp³-hybridized carbons (Fsp3) is 0.176. The Bertz CT molecular complexity index is 620. The molecule has 0 unspecified atom stereocenters. The van der Waals surface area contributed by atoms with Gasteiger partial charge in [0.25, 0.3) is 0 Å². The Labute approximate surface area is 123 Å². The SMILES string of the molecule is Cc1cc(C=O)ccc1OCCOC(=O)c1ccccc1. The molecule has 0 atom stereocenters. The van der Waals surface area contributed by atoms with Crippen LogP contribution in [0.25, 0.3) is 0 Å². The number of aryl methyl sites for hydroxylation is 1. The van der Waals surface area contributed by atoms with Crippen molar-refractivity contribution < 1.29 is 19.1 Å². The molecule has 4 heteroatoms. The predicted octanol–water partition coefficient (Wildman–Crippen LogP) is 3.04. The molecule has 0 aliphatic heterocycles. The smallest absolute Gasteiger partial charge is 0.338 e. The van der Waals surface area contributed by atoms with Crippen LogP contribution in [-0.4, -0.2) is 25.5 Å². The van der Waals surface area contributed by atoms with Gasteiger partial charge < -0.3 is 9.47 Å². The van der Waals surface area contributed by atoms with Crippen molar-refractivity contribution >= 4 is 12.3 Å². The largest absolute Gasteiger partial charge is 0.490 e. The molecule has 0 heterocycles. The third kappa shape index (κ3) is 4.18. The zero-order valence-corrected chi connectivity index (χ0v) is 11.7. The van der Waals surface area contributed by atoms with E-state index in [9.17, 15) is 9.59 Å². The molecule has 0 saturated carbocycles. The normalized spacial score (nSPS) is 9.95. The molecule has 21 heavy (non-hydrogen) atoms. The summed E-state index contributed by atoms with van der Waals surface area (Å²) in [4.78, 5) is 22.3. The van der Waals surface area contributed by atoms with E-state index in [2.05, 4.69) is 0 Å². The van der Waals surface area contributed by atoms with Gasteiger partial charge in [-0.1, -0.05) is 18.2 Å². The van der Waals surface area contributed by atoms with E-state index in [0.29, 0.717) is 16.9 Å². The quantitative estimate of drug-likeness (QED) is 0.465. The van der Waals surface area contributed by atoms with Gasteiger partial charge in [0.05, 0.1) is 5.56 Å². The Balaban J connectivity index is 1.80. The van der Waals surface area contributed by atoms with E-state index in [4.69, 9.17) is 9.47 Å². The molecular formula is C17H16O4. The van der Waals surface area contributed by atoms with Crippen LogP contribution in [-0.2, 0) is 4.74 Å². The second-order valence-electron chi connectivity index (χ2n) is 4.49. The fourth-order valence-corrected chi connectivity index (χ4v) is 1.85. The lowest BCUT2D eigenvalue weighted by atomic mass is 10.1. The van der Waals surface area contributed by atoms with Crippen molar-refractivity contribution in [3.63, 3.8) is 0 Å². The van der Waals surface area contributed by atoms with Gasteiger partial charge in [0.15, 0.2) is 0 Å². The van der Waals surface area contributed by atoms with Gasteiger partial charge in [0, 0.05) is 5.56 Å². The summed E-state index contributed by atoms with van der Waals surface area (Å²) in [7, 11) is 0. The summed E-state index contributed by atoms with van der Waals surface area (Å²) < 4.78 is 10.6. The molecule has 0 bridgehead atoms. The van der Waals surface area contributed by atoms with E-state index >= 15 is 0 Å². The maximum Gasteiger partial charge on any atom is 0.338 e. The summed E-state index contributed by atoms with van der Waals surface area (Å²) in [5, 5.41) is 0. The van der Waals surface area contributed by atoms with Crippen LogP contribution in [0.15, 0.2) is 48.5 Å². The highest BCUT2D eigenvalue weighted by molar-refractivity contribution is 5.89. The van der Waals surface area contributed by atoms with Crippen LogP contribution >= 0.6 is 0 Å². The average molecular weight is 284 g/mol. The van der Waals surface area contributed by atoms with Crippen molar-refractivity contribution in [1.29, 1.82) is 0 Å². The summed E-state index contributed by atoms with van der Waals surface area (Å²) in [6.45, 7) is 2.29. The van der Waals surface area contributed by atoms with E-state index < -0.39 is 0 Å². The van der Waals surface area contributed by atoms with Gasteiger partial charge in [-0.05, 0) is 42.8 Å². The summed E-state index contributed by atoms with van der Waals surface area (Å²) in [6, 6.07) is 14.0. The first-order chi connectivity index (χ1) is 10.2. The Morgan fingerprint density at radius 3 is 2.52 bits per heavy atom. The summed E-state index contributed by atoms with van der Waals surface area (Å²) >= 11 is 0. The average Bonchev–Trinajstić information content (AvgIpc) is 2.53. The van der Waals surface area contributed by atoms with Gasteiger partial charge in [-0.3, -0.25) is 4.79 Å². The molecule has 4 nitrogen and oxygen atoms in total. The van der Waals surface area contributed by atoms with Gasteiger partial charge in [-0.2, -0.15) is 0 Å². The lowest BCUT2D eigenvalue weighted by Crippen LogP contribution is -2.12. The minimum atomic E-state index is -0.368. The molecule has 0 spiro atoms. The first-order valence-electron chi connectivity index (χ1n) is 6.61. The number of rotatable bonds is 6.